The minimum atomic E-state index is -1.02. The van der Waals surface area contributed by atoms with Gasteiger partial charge >= 0.3 is 5.97 Å². The monoisotopic (exact) mass is 254 g/mol. The molecule has 1 amide bonds. The van der Waals surface area contributed by atoms with E-state index in [-0.39, 0.29) is 5.91 Å². The zero-order valence-corrected chi connectivity index (χ0v) is 9.65. The predicted molar refractivity (Wildman–Crippen MR) is 58.6 cm³/mol. The van der Waals surface area contributed by atoms with Gasteiger partial charge in [-0.3, -0.25) is 9.48 Å². The Morgan fingerprint density at radius 2 is 2.22 bits per heavy atom. The first kappa shape index (κ1) is 12.5. The van der Waals surface area contributed by atoms with Crippen LogP contribution < -0.4 is 5.32 Å². The summed E-state index contributed by atoms with van der Waals surface area (Å²) in [5.74, 6) is -1.30. The third kappa shape index (κ3) is 3.04. The van der Waals surface area contributed by atoms with Crippen LogP contribution in [0.15, 0.2) is 12.4 Å². The van der Waals surface area contributed by atoms with Crippen LogP contribution in [0.4, 0.5) is 0 Å². The van der Waals surface area contributed by atoms with Crippen molar-refractivity contribution in [3.05, 3.63) is 12.4 Å². The lowest BCUT2D eigenvalue weighted by Crippen LogP contribution is -2.37. The average Bonchev–Trinajstić information content (AvgIpc) is 2.99. The van der Waals surface area contributed by atoms with Crippen LogP contribution in [0.5, 0.6) is 0 Å². The van der Waals surface area contributed by atoms with Crippen LogP contribution in [0.1, 0.15) is 12.8 Å². The number of carboxylic acids is 1. The van der Waals surface area contributed by atoms with Crippen molar-refractivity contribution in [2.24, 2.45) is 0 Å². The molecule has 2 unspecified atom stereocenters. The molecule has 0 aromatic carbocycles. The summed E-state index contributed by atoms with van der Waals surface area (Å²) in [6, 6.07) is 0. The number of nitrogens with zero attached hydrogens (tertiary/aromatic N) is 3. The van der Waals surface area contributed by atoms with E-state index in [4.69, 9.17) is 9.84 Å². The van der Waals surface area contributed by atoms with Gasteiger partial charge in [-0.2, -0.15) is 0 Å². The van der Waals surface area contributed by atoms with E-state index in [1.54, 1.807) is 17.1 Å². The van der Waals surface area contributed by atoms with Crippen LogP contribution in [-0.4, -0.2) is 50.7 Å². The molecule has 8 nitrogen and oxygen atoms in total. The summed E-state index contributed by atoms with van der Waals surface area (Å²) in [6.07, 6.45) is 2.53. The molecule has 0 spiro atoms. The smallest absolute Gasteiger partial charge is 0.332 e. The van der Waals surface area contributed by atoms with Gasteiger partial charge in [0.25, 0.3) is 0 Å². The lowest BCUT2D eigenvalue weighted by atomic mass is 10.2. The van der Waals surface area contributed by atoms with Crippen molar-refractivity contribution in [1.82, 2.24) is 20.3 Å². The van der Waals surface area contributed by atoms with Crippen LogP contribution in [-0.2, 0) is 20.9 Å². The number of hydrogen-bond donors (Lipinski definition) is 2. The maximum absolute atomic E-state index is 11.7. The van der Waals surface area contributed by atoms with Crippen molar-refractivity contribution in [1.29, 1.82) is 0 Å². The molecule has 1 saturated heterocycles. The van der Waals surface area contributed by atoms with E-state index >= 15 is 0 Å². The highest BCUT2D eigenvalue weighted by atomic mass is 16.5. The Balaban J connectivity index is 1.71. The highest BCUT2D eigenvalue weighted by Gasteiger charge is 2.34. The Morgan fingerprint density at radius 3 is 2.83 bits per heavy atom. The van der Waals surface area contributed by atoms with Crippen LogP contribution in [0, 0.1) is 0 Å². The molecule has 8 heteroatoms. The second-order valence-corrected chi connectivity index (χ2v) is 3.99. The number of nitrogens with one attached hydrogen (secondary N) is 1. The normalized spacial score (nSPS) is 22.9. The molecule has 0 radical (unpaired) electrons. The highest BCUT2D eigenvalue weighted by molar-refractivity contribution is 5.82. The number of carbonyl (C=O) groups excluding carboxylic acids is 1. The molecule has 2 heterocycles. The van der Waals surface area contributed by atoms with Crippen LogP contribution >= 0.6 is 0 Å². The number of ether oxygens (including phenoxy) is 1. The third-order valence-electron chi connectivity index (χ3n) is 2.70. The fourth-order valence-electron chi connectivity index (χ4n) is 1.77. The van der Waals surface area contributed by atoms with Crippen LogP contribution in [0.25, 0.3) is 0 Å². The minimum Gasteiger partial charge on any atom is -0.479 e. The molecule has 98 valence electrons. The van der Waals surface area contributed by atoms with Crippen molar-refractivity contribution in [2.45, 2.75) is 31.6 Å². The minimum absolute atomic E-state index is 0.279. The van der Waals surface area contributed by atoms with Gasteiger partial charge in [-0.25, -0.2) is 4.79 Å². The van der Waals surface area contributed by atoms with E-state index in [2.05, 4.69) is 15.6 Å². The number of carbonyl (C=O) groups is 2. The van der Waals surface area contributed by atoms with Crippen LogP contribution in [0.3, 0.4) is 0 Å². The van der Waals surface area contributed by atoms with E-state index in [0.717, 1.165) is 0 Å². The van der Waals surface area contributed by atoms with Gasteiger partial charge in [-0.15, -0.1) is 5.10 Å². The molecule has 0 aliphatic carbocycles. The average molecular weight is 254 g/mol. The predicted octanol–water partition coefficient (Wildman–Crippen LogP) is -0.973. The standard InChI is InChI=1S/C10H14N4O4/c15-9(7-1-2-8(18-7)10(16)17)11-3-5-14-6-4-12-13-14/h4,6-8H,1-3,5H2,(H,11,15)(H,16,17). The zero-order valence-electron chi connectivity index (χ0n) is 9.65. The lowest BCUT2D eigenvalue weighted by Gasteiger charge is -2.11. The van der Waals surface area contributed by atoms with Crippen molar-refractivity contribution in [2.75, 3.05) is 6.54 Å². The van der Waals surface area contributed by atoms with E-state index in [1.165, 1.54) is 0 Å². The van der Waals surface area contributed by atoms with Crippen LogP contribution in [0.2, 0.25) is 0 Å². The molecule has 2 rings (SSSR count). The summed E-state index contributed by atoms with van der Waals surface area (Å²) >= 11 is 0. The van der Waals surface area contributed by atoms with Gasteiger partial charge in [0, 0.05) is 12.7 Å². The molecule has 18 heavy (non-hydrogen) atoms. The first-order chi connectivity index (χ1) is 8.66. The Bertz CT molecular complexity index is 420. The number of amides is 1. The Hall–Kier alpha value is -1.96. The van der Waals surface area contributed by atoms with Gasteiger partial charge in [0.05, 0.1) is 12.7 Å². The lowest BCUT2D eigenvalue weighted by molar-refractivity contribution is -0.151. The van der Waals surface area contributed by atoms with Crippen molar-refractivity contribution >= 4 is 11.9 Å². The molecule has 0 saturated carbocycles. The summed E-state index contributed by atoms with van der Waals surface area (Å²) < 4.78 is 6.72. The maximum atomic E-state index is 11.7. The molecule has 2 N–H and O–H groups in total. The molecule has 1 aromatic heterocycles. The zero-order chi connectivity index (χ0) is 13.0. The fraction of sp³-hybridized carbons (Fsp3) is 0.600. The van der Waals surface area contributed by atoms with Gasteiger partial charge in [-0.05, 0) is 12.8 Å². The molecular formula is C10H14N4O4. The first-order valence-corrected chi connectivity index (χ1v) is 5.67. The number of rotatable bonds is 5. The van der Waals surface area contributed by atoms with E-state index in [1.807, 2.05) is 0 Å². The summed E-state index contributed by atoms with van der Waals surface area (Å²) in [5.41, 5.74) is 0. The van der Waals surface area contributed by atoms with Gasteiger partial charge in [0.1, 0.15) is 6.10 Å². The quantitative estimate of drug-likeness (QED) is 0.700. The van der Waals surface area contributed by atoms with Crippen molar-refractivity contribution in [3.8, 4) is 0 Å². The molecule has 0 bridgehead atoms. The largest absolute Gasteiger partial charge is 0.479 e. The maximum Gasteiger partial charge on any atom is 0.332 e. The topological polar surface area (TPSA) is 106 Å². The van der Waals surface area contributed by atoms with E-state index in [0.29, 0.717) is 25.9 Å². The van der Waals surface area contributed by atoms with Gasteiger partial charge < -0.3 is 15.2 Å². The fourth-order valence-corrected chi connectivity index (χ4v) is 1.77. The van der Waals surface area contributed by atoms with Gasteiger partial charge in [0.15, 0.2) is 6.10 Å². The number of hydrogen-bond acceptors (Lipinski definition) is 5. The van der Waals surface area contributed by atoms with Crippen molar-refractivity contribution < 1.29 is 19.4 Å². The van der Waals surface area contributed by atoms with Gasteiger partial charge in [0.2, 0.25) is 5.91 Å². The Labute approximate surface area is 103 Å². The van der Waals surface area contributed by atoms with Gasteiger partial charge in [-0.1, -0.05) is 5.21 Å². The third-order valence-corrected chi connectivity index (χ3v) is 2.70. The summed E-state index contributed by atoms with van der Waals surface area (Å²) in [6.45, 7) is 0.917. The molecule has 1 aliphatic rings. The molecule has 1 aromatic rings. The summed E-state index contributed by atoms with van der Waals surface area (Å²) in [5, 5.41) is 18.8. The Kier molecular flexibility index (Phi) is 3.88. The first-order valence-electron chi connectivity index (χ1n) is 5.67. The van der Waals surface area contributed by atoms with Crippen molar-refractivity contribution in [3.63, 3.8) is 0 Å². The number of carboxylic acid groups (broad SMARTS) is 1. The van der Waals surface area contributed by atoms with E-state index in [9.17, 15) is 9.59 Å². The SMILES string of the molecule is O=C(O)C1CCC(C(=O)NCCn2ccnn2)O1. The Morgan fingerprint density at radius 1 is 1.44 bits per heavy atom. The molecular weight excluding hydrogens is 240 g/mol. The van der Waals surface area contributed by atoms with E-state index < -0.39 is 18.2 Å². The number of aliphatic carboxylic acids is 1. The summed E-state index contributed by atoms with van der Waals surface area (Å²) in [7, 11) is 0. The summed E-state index contributed by atoms with van der Waals surface area (Å²) in [4.78, 5) is 22.3. The molecule has 1 aliphatic heterocycles. The number of aromatic nitrogens is 3. The molecule has 1 fully saturated rings. The second-order valence-electron chi connectivity index (χ2n) is 3.99. The molecule has 2 atom stereocenters. The second kappa shape index (κ2) is 5.58. The highest BCUT2D eigenvalue weighted by Crippen LogP contribution is 2.19.